The maximum Gasteiger partial charge on any atom is 0.239 e. The van der Waals surface area contributed by atoms with Gasteiger partial charge in [0.1, 0.15) is 0 Å². The van der Waals surface area contributed by atoms with E-state index in [0.717, 1.165) is 25.6 Å². The fourth-order valence-electron chi connectivity index (χ4n) is 2.39. The summed E-state index contributed by atoms with van der Waals surface area (Å²) in [4.78, 5) is 14.0. The fraction of sp³-hybridized carbons (Fsp3) is 0.923. The average molecular weight is 240 g/mol. The Kier molecular flexibility index (Phi) is 3.73. The van der Waals surface area contributed by atoms with Gasteiger partial charge < -0.3 is 15.0 Å². The van der Waals surface area contributed by atoms with E-state index in [-0.39, 0.29) is 11.9 Å². The van der Waals surface area contributed by atoms with Crippen LogP contribution in [0.15, 0.2) is 0 Å². The molecular weight excluding hydrogens is 216 g/mol. The predicted molar refractivity (Wildman–Crippen MR) is 66.8 cm³/mol. The van der Waals surface area contributed by atoms with Crippen molar-refractivity contribution in [3.8, 4) is 0 Å². The zero-order chi connectivity index (χ0) is 12.5. The van der Waals surface area contributed by atoms with Crippen LogP contribution in [0.3, 0.4) is 0 Å². The van der Waals surface area contributed by atoms with Crippen molar-refractivity contribution >= 4 is 5.91 Å². The molecule has 1 heterocycles. The summed E-state index contributed by atoms with van der Waals surface area (Å²) in [5.74, 6) is 0.953. The van der Waals surface area contributed by atoms with E-state index in [1.54, 1.807) is 0 Å². The minimum atomic E-state index is -0.0653. The number of carbonyl (C=O) groups excluding carboxylic acids is 1. The van der Waals surface area contributed by atoms with Gasteiger partial charge >= 0.3 is 0 Å². The Balaban J connectivity index is 1.71. The number of hydrogen-bond donors (Lipinski definition) is 1. The summed E-state index contributed by atoms with van der Waals surface area (Å²) < 4.78 is 5.25. The summed E-state index contributed by atoms with van der Waals surface area (Å²) in [5.41, 5.74) is 0.481. The summed E-state index contributed by atoms with van der Waals surface area (Å²) >= 11 is 0. The van der Waals surface area contributed by atoms with Gasteiger partial charge in [0.15, 0.2) is 0 Å². The van der Waals surface area contributed by atoms with Gasteiger partial charge in [-0.1, -0.05) is 13.8 Å². The first kappa shape index (κ1) is 12.8. The zero-order valence-corrected chi connectivity index (χ0v) is 11.2. The van der Waals surface area contributed by atoms with Crippen molar-refractivity contribution in [2.75, 3.05) is 32.8 Å². The third-order valence-corrected chi connectivity index (χ3v) is 4.08. The standard InChI is InChI=1S/C13H24N2O2/c1-10(14-9-11-8-13(11,2)3)12(16)15-4-6-17-7-5-15/h10-11,14H,4-9H2,1-3H3. The number of hydrogen-bond acceptors (Lipinski definition) is 3. The van der Waals surface area contributed by atoms with Gasteiger partial charge in [0, 0.05) is 13.1 Å². The van der Waals surface area contributed by atoms with E-state index in [1.807, 2.05) is 11.8 Å². The molecule has 4 nitrogen and oxygen atoms in total. The van der Waals surface area contributed by atoms with Gasteiger partial charge in [0.25, 0.3) is 0 Å². The molecule has 0 aromatic rings. The molecular formula is C13H24N2O2. The highest BCUT2D eigenvalue weighted by molar-refractivity contribution is 5.81. The van der Waals surface area contributed by atoms with E-state index < -0.39 is 0 Å². The normalized spacial score (nSPS) is 28.9. The maximum atomic E-state index is 12.1. The summed E-state index contributed by atoms with van der Waals surface area (Å²) in [5, 5.41) is 3.37. The van der Waals surface area contributed by atoms with Gasteiger partial charge in [-0.3, -0.25) is 4.79 Å². The van der Waals surface area contributed by atoms with Gasteiger partial charge in [0.2, 0.25) is 5.91 Å². The van der Waals surface area contributed by atoms with Crippen molar-refractivity contribution < 1.29 is 9.53 Å². The second-order valence-electron chi connectivity index (χ2n) is 5.96. The molecule has 17 heavy (non-hydrogen) atoms. The molecule has 1 saturated heterocycles. The van der Waals surface area contributed by atoms with Crippen LogP contribution in [-0.4, -0.2) is 49.7 Å². The first-order chi connectivity index (χ1) is 8.00. The third kappa shape index (κ3) is 3.19. The molecule has 0 spiro atoms. The Morgan fingerprint density at radius 3 is 2.59 bits per heavy atom. The molecule has 1 aliphatic heterocycles. The van der Waals surface area contributed by atoms with Gasteiger partial charge in [0.05, 0.1) is 19.3 Å². The van der Waals surface area contributed by atoms with Gasteiger partial charge in [-0.2, -0.15) is 0 Å². The molecule has 1 aliphatic carbocycles. The summed E-state index contributed by atoms with van der Waals surface area (Å²) in [6.07, 6.45) is 1.28. The number of nitrogens with one attached hydrogen (secondary N) is 1. The Morgan fingerprint density at radius 1 is 1.47 bits per heavy atom. The van der Waals surface area contributed by atoms with Crippen molar-refractivity contribution in [2.24, 2.45) is 11.3 Å². The largest absolute Gasteiger partial charge is 0.378 e. The number of morpholine rings is 1. The molecule has 2 atom stereocenters. The molecule has 1 amide bonds. The highest BCUT2D eigenvalue weighted by Crippen LogP contribution is 2.50. The molecule has 1 saturated carbocycles. The smallest absolute Gasteiger partial charge is 0.239 e. The van der Waals surface area contributed by atoms with Gasteiger partial charge in [-0.05, 0) is 31.2 Å². The van der Waals surface area contributed by atoms with Crippen molar-refractivity contribution in [1.82, 2.24) is 10.2 Å². The first-order valence-corrected chi connectivity index (χ1v) is 6.60. The molecule has 2 rings (SSSR count). The lowest BCUT2D eigenvalue weighted by Crippen LogP contribution is -2.49. The number of ether oxygens (including phenoxy) is 1. The van der Waals surface area contributed by atoms with E-state index in [9.17, 15) is 4.79 Å². The Bertz CT molecular complexity index is 285. The Morgan fingerprint density at radius 2 is 2.06 bits per heavy atom. The molecule has 2 unspecified atom stereocenters. The molecule has 0 bridgehead atoms. The number of rotatable bonds is 4. The Hall–Kier alpha value is -0.610. The van der Waals surface area contributed by atoms with E-state index in [4.69, 9.17) is 4.74 Å². The van der Waals surface area contributed by atoms with E-state index in [1.165, 1.54) is 6.42 Å². The van der Waals surface area contributed by atoms with Crippen LogP contribution in [0.25, 0.3) is 0 Å². The lowest BCUT2D eigenvalue weighted by atomic mass is 10.1. The number of nitrogens with zero attached hydrogens (tertiary/aromatic N) is 1. The summed E-state index contributed by atoms with van der Waals surface area (Å²) in [6.45, 7) is 10.3. The number of amides is 1. The molecule has 98 valence electrons. The molecule has 1 N–H and O–H groups in total. The van der Waals surface area contributed by atoms with Crippen molar-refractivity contribution in [1.29, 1.82) is 0 Å². The van der Waals surface area contributed by atoms with Crippen LogP contribution in [0.5, 0.6) is 0 Å². The van der Waals surface area contributed by atoms with Crippen LogP contribution in [0.4, 0.5) is 0 Å². The summed E-state index contributed by atoms with van der Waals surface area (Å²) in [7, 11) is 0. The van der Waals surface area contributed by atoms with Crippen molar-refractivity contribution in [3.05, 3.63) is 0 Å². The van der Waals surface area contributed by atoms with Crippen LogP contribution in [0.1, 0.15) is 27.2 Å². The van der Waals surface area contributed by atoms with Crippen LogP contribution < -0.4 is 5.32 Å². The monoisotopic (exact) mass is 240 g/mol. The molecule has 0 radical (unpaired) electrons. The lowest BCUT2D eigenvalue weighted by Gasteiger charge is -2.29. The van der Waals surface area contributed by atoms with Gasteiger partial charge in [-0.15, -0.1) is 0 Å². The SMILES string of the molecule is CC(NCC1CC1(C)C)C(=O)N1CCOCC1. The average Bonchev–Trinajstić information content (AvgIpc) is 2.94. The minimum absolute atomic E-state index is 0.0653. The first-order valence-electron chi connectivity index (χ1n) is 6.60. The molecule has 0 aromatic heterocycles. The van der Waals surface area contributed by atoms with E-state index >= 15 is 0 Å². The van der Waals surface area contributed by atoms with Crippen LogP contribution in [0, 0.1) is 11.3 Å². The third-order valence-electron chi connectivity index (χ3n) is 4.08. The minimum Gasteiger partial charge on any atom is -0.378 e. The quantitative estimate of drug-likeness (QED) is 0.793. The second kappa shape index (κ2) is 4.94. The topological polar surface area (TPSA) is 41.6 Å². The van der Waals surface area contributed by atoms with E-state index in [0.29, 0.717) is 18.6 Å². The van der Waals surface area contributed by atoms with Crippen LogP contribution >= 0.6 is 0 Å². The molecule has 2 aliphatic rings. The lowest BCUT2D eigenvalue weighted by molar-refractivity contribution is -0.137. The maximum absolute atomic E-state index is 12.1. The van der Waals surface area contributed by atoms with Crippen molar-refractivity contribution in [3.63, 3.8) is 0 Å². The summed E-state index contributed by atoms with van der Waals surface area (Å²) in [6, 6.07) is -0.0653. The van der Waals surface area contributed by atoms with E-state index in [2.05, 4.69) is 19.2 Å². The van der Waals surface area contributed by atoms with Crippen molar-refractivity contribution in [2.45, 2.75) is 33.2 Å². The fourth-order valence-corrected chi connectivity index (χ4v) is 2.39. The molecule has 4 heteroatoms. The molecule has 0 aromatic carbocycles. The highest BCUT2D eigenvalue weighted by atomic mass is 16.5. The Labute approximate surface area is 104 Å². The number of carbonyl (C=O) groups is 1. The van der Waals surface area contributed by atoms with Crippen LogP contribution in [0.2, 0.25) is 0 Å². The predicted octanol–water partition coefficient (Wildman–Crippen LogP) is 0.869. The second-order valence-corrected chi connectivity index (χ2v) is 5.96. The van der Waals surface area contributed by atoms with Gasteiger partial charge in [-0.25, -0.2) is 0 Å². The zero-order valence-electron chi connectivity index (χ0n) is 11.2. The molecule has 2 fully saturated rings. The van der Waals surface area contributed by atoms with Crippen LogP contribution in [-0.2, 0) is 9.53 Å². The highest BCUT2D eigenvalue weighted by Gasteiger charge is 2.45.